The number of benzene rings is 2. The molecule has 3 aromatic rings. The van der Waals surface area contributed by atoms with Crippen molar-refractivity contribution in [1.82, 2.24) is 0 Å². The van der Waals surface area contributed by atoms with Crippen molar-refractivity contribution in [3.8, 4) is 10.4 Å². The summed E-state index contributed by atoms with van der Waals surface area (Å²) in [5.41, 5.74) is -2.05. The molecule has 1 N–H and O–H groups in total. The zero-order valence-corrected chi connectivity index (χ0v) is 21.4. The van der Waals surface area contributed by atoms with Crippen molar-refractivity contribution in [2.75, 3.05) is 10.9 Å². The van der Waals surface area contributed by atoms with Gasteiger partial charge in [0.05, 0.1) is 12.0 Å². The fraction of sp³-hybridized carbons (Fsp3) is 0.320. The summed E-state index contributed by atoms with van der Waals surface area (Å²) in [6, 6.07) is 19.7. The molecule has 9 heteroatoms. The van der Waals surface area contributed by atoms with Gasteiger partial charge in [-0.3, -0.25) is 8.51 Å². The molecule has 180 valence electrons. The second kappa shape index (κ2) is 9.09. The number of carbonyl (C=O) groups excluding carboxylic acids is 1. The Kier molecular flexibility index (Phi) is 6.65. The molecular formula is C25H25ClNO5S2-. The van der Waals surface area contributed by atoms with Crippen molar-refractivity contribution in [3.05, 3.63) is 77.3 Å². The first kappa shape index (κ1) is 24.9. The van der Waals surface area contributed by atoms with E-state index in [1.54, 1.807) is 69.3 Å². The first-order chi connectivity index (χ1) is 16.0. The third-order valence-electron chi connectivity index (χ3n) is 5.97. The second-order valence-electron chi connectivity index (χ2n) is 9.30. The van der Waals surface area contributed by atoms with Crippen LogP contribution in [0.3, 0.4) is 0 Å². The Balaban J connectivity index is 1.84. The van der Waals surface area contributed by atoms with Crippen LogP contribution in [-0.4, -0.2) is 37.6 Å². The lowest BCUT2D eigenvalue weighted by molar-refractivity contribution is -0.158. The van der Waals surface area contributed by atoms with Crippen molar-refractivity contribution in [1.29, 1.82) is 0 Å². The number of anilines is 1. The van der Waals surface area contributed by atoms with Crippen LogP contribution in [0.15, 0.2) is 66.7 Å². The minimum Gasteiger partial charge on any atom is -0.755 e. The largest absolute Gasteiger partial charge is 0.755 e. The van der Waals surface area contributed by atoms with Crippen LogP contribution in [0.1, 0.15) is 32.8 Å². The fourth-order valence-electron chi connectivity index (χ4n) is 4.34. The molecule has 3 unspecified atom stereocenters. The number of carbonyl (C=O) groups is 1. The number of rotatable bonds is 7. The van der Waals surface area contributed by atoms with Gasteiger partial charge in [0.1, 0.15) is 10.6 Å². The van der Waals surface area contributed by atoms with E-state index in [9.17, 15) is 18.7 Å². The van der Waals surface area contributed by atoms with Gasteiger partial charge in [0, 0.05) is 21.2 Å². The minimum atomic E-state index is -2.82. The number of nitrogens with zero attached hydrogens (tertiary/aromatic N) is 1. The number of esters is 1. The molecule has 2 aromatic carbocycles. The van der Waals surface area contributed by atoms with E-state index in [0.717, 1.165) is 14.7 Å². The molecule has 4 rings (SSSR count). The third-order valence-corrected chi connectivity index (χ3v) is 8.27. The van der Waals surface area contributed by atoms with Gasteiger partial charge in [0.2, 0.25) is 0 Å². The zero-order valence-electron chi connectivity index (χ0n) is 19.0. The summed E-state index contributed by atoms with van der Waals surface area (Å²) in [6.45, 7) is 4.77. The predicted molar refractivity (Wildman–Crippen MR) is 135 cm³/mol. The summed E-state index contributed by atoms with van der Waals surface area (Å²) in [7, 11) is 0. The third kappa shape index (κ3) is 4.29. The molecule has 1 heterocycles. The molecule has 1 fully saturated rings. The molecule has 1 aliphatic rings. The average molecular weight is 519 g/mol. The Morgan fingerprint density at radius 2 is 1.79 bits per heavy atom. The molecule has 34 heavy (non-hydrogen) atoms. The molecule has 1 saturated carbocycles. The number of aliphatic hydroxyl groups excluding tert-OH is 1. The van der Waals surface area contributed by atoms with Crippen LogP contribution in [0, 0.1) is 0 Å². The van der Waals surface area contributed by atoms with E-state index < -0.39 is 40.4 Å². The van der Waals surface area contributed by atoms with Crippen LogP contribution in [0.4, 0.5) is 5.00 Å². The summed E-state index contributed by atoms with van der Waals surface area (Å²) >= 11 is 4.42. The Morgan fingerprint density at radius 1 is 1.15 bits per heavy atom. The van der Waals surface area contributed by atoms with E-state index in [1.807, 2.05) is 18.2 Å². The Morgan fingerprint density at radius 3 is 2.35 bits per heavy atom. The van der Waals surface area contributed by atoms with Crippen molar-refractivity contribution in [3.63, 3.8) is 0 Å². The summed E-state index contributed by atoms with van der Waals surface area (Å²) in [4.78, 5) is 14.5. The van der Waals surface area contributed by atoms with Crippen LogP contribution in [0.25, 0.3) is 10.4 Å². The molecule has 3 atom stereocenters. The monoisotopic (exact) mass is 518 g/mol. The van der Waals surface area contributed by atoms with E-state index in [1.165, 1.54) is 11.3 Å². The second-order valence-corrected chi connectivity index (χ2v) is 11.6. The number of hydrogen-bond acceptors (Lipinski definition) is 6. The predicted octanol–water partition coefficient (Wildman–Crippen LogP) is 5.08. The van der Waals surface area contributed by atoms with Gasteiger partial charge in [-0.05, 0) is 62.6 Å². The van der Waals surface area contributed by atoms with Crippen LogP contribution >= 0.6 is 22.9 Å². The summed E-state index contributed by atoms with van der Waals surface area (Å²) in [5, 5.41) is 11.5. The Labute approximate surface area is 210 Å². The van der Waals surface area contributed by atoms with Gasteiger partial charge in [-0.15, -0.1) is 11.3 Å². The first-order valence-electron chi connectivity index (χ1n) is 10.7. The van der Waals surface area contributed by atoms with Gasteiger partial charge >= 0.3 is 5.97 Å². The van der Waals surface area contributed by atoms with Gasteiger partial charge in [0.15, 0.2) is 5.54 Å². The standard InChI is InChI=1S/C25H26ClNO5S2/c1-23(2,3)32-22(29)25(15-24(25,16-28)18-7-5-4-6-8-18)27(34(30)31)21-14-13-20(33-21)17-9-11-19(26)12-10-17/h4-14,28H,15-16H2,1-3H3,(H,30,31)/p-1. The molecule has 0 aliphatic heterocycles. The lowest BCUT2D eigenvalue weighted by Crippen LogP contribution is -2.53. The lowest BCUT2D eigenvalue weighted by Gasteiger charge is -2.37. The normalized spacial score (nSPS) is 22.8. The highest BCUT2D eigenvalue weighted by Crippen LogP contribution is 2.63. The number of ether oxygens (including phenoxy) is 1. The molecule has 0 radical (unpaired) electrons. The van der Waals surface area contributed by atoms with E-state index in [0.29, 0.717) is 15.6 Å². The smallest absolute Gasteiger partial charge is 0.334 e. The maximum absolute atomic E-state index is 13.7. The number of halogens is 1. The molecular weight excluding hydrogens is 494 g/mol. The summed E-state index contributed by atoms with van der Waals surface area (Å²) < 4.78 is 32.2. The molecule has 0 spiro atoms. The molecule has 1 aliphatic carbocycles. The van der Waals surface area contributed by atoms with Gasteiger partial charge in [-0.1, -0.05) is 54.1 Å². The van der Waals surface area contributed by atoms with Crippen molar-refractivity contribution >= 4 is 45.2 Å². The fourth-order valence-corrected chi connectivity index (χ4v) is 6.53. The van der Waals surface area contributed by atoms with E-state index in [4.69, 9.17) is 16.3 Å². The zero-order chi connectivity index (χ0) is 24.7. The Hall–Kier alpha value is -2.23. The maximum Gasteiger partial charge on any atom is 0.334 e. The van der Waals surface area contributed by atoms with Gasteiger partial charge in [-0.25, -0.2) is 4.79 Å². The van der Waals surface area contributed by atoms with Crippen molar-refractivity contribution in [2.24, 2.45) is 0 Å². The van der Waals surface area contributed by atoms with Crippen LogP contribution in [0.2, 0.25) is 5.02 Å². The van der Waals surface area contributed by atoms with Crippen LogP contribution in [-0.2, 0) is 26.2 Å². The molecule has 0 saturated heterocycles. The number of aliphatic hydroxyl groups is 1. The van der Waals surface area contributed by atoms with E-state index >= 15 is 0 Å². The molecule has 0 bridgehead atoms. The quantitative estimate of drug-likeness (QED) is 0.348. The maximum atomic E-state index is 13.7. The van der Waals surface area contributed by atoms with Gasteiger partial charge in [0.25, 0.3) is 0 Å². The average Bonchev–Trinajstić information content (AvgIpc) is 3.24. The van der Waals surface area contributed by atoms with E-state index in [2.05, 4.69) is 0 Å². The molecule has 6 nitrogen and oxygen atoms in total. The summed E-state index contributed by atoms with van der Waals surface area (Å²) in [6.07, 6.45) is 0.0948. The highest BCUT2D eigenvalue weighted by molar-refractivity contribution is 7.81. The van der Waals surface area contributed by atoms with Crippen LogP contribution < -0.4 is 4.31 Å². The summed E-state index contributed by atoms with van der Waals surface area (Å²) in [5.74, 6) is -0.691. The van der Waals surface area contributed by atoms with Crippen molar-refractivity contribution < 1.29 is 23.4 Å². The molecule has 1 aromatic heterocycles. The number of thiophene rings is 1. The SMILES string of the molecule is CC(C)(C)OC(=O)C1(N(c2ccc(-c3ccc(Cl)cc3)s2)S(=O)[O-])CC1(CO)c1ccccc1. The Bertz CT molecular complexity index is 1210. The molecule has 0 amide bonds. The minimum absolute atomic E-state index is 0.0948. The topological polar surface area (TPSA) is 89.9 Å². The number of hydrogen-bond donors (Lipinski definition) is 1. The first-order valence-corrected chi connectivity index (χ1v) is 12.9. The highest BCUT2D eigenvalue weighted by Gasteiger charge is 2.77. The van der Waals surface area contributed by atoms with Gasteiger partial charge in [-0.2, -0.15) is 0 Å². The highest BCUT2D eigenvalue weighted by atomic mass is 35.5. The van der Waals surface area contributed by atoms with Crippen molar-refractivity contribution in [2.45, 2.75) is 43.7 Å². The lowest BCUT2D eigenvalue weighted by atomic mass is 9.91. The van der Waals surface area contributed by atoms with Crippen LogP contribution in [0.5, 0.6) is 0 Å². The van der Waals surface area contributed by atoms with Gasteiger partial charge < -0.3 is 14.4 Å². The van der Waals surface area contributed by atoms with E-state index in [-0.39, 0.29) is 6.42 Å².